The molecule has 2 aromatic heterocycles. The summed E-state index contributed by atoms with van der Waals surface area (Å²) in [5.74, 6) is 1.23. The lowest BCUT2D eigenvalue weighted by Gasteiger charge is -2.08. The summed E-state index contributed by atoms with van der Waals surface area (Å²) in [5.41, 5.74) is 1.80. The molecule has 0 spiro atoms. The maximum atomic E-state index is 9.40. The molecule has 0 saturated carbocycles. The maximum Gasteiger partial charge on any atom is 0.213 e. The summed E-state index contributed by atoms with van der Waals surface area (Å²) in [6.45, 7) is 1.89. The van der Waals surface area contributed by atoms with E-state index in [1.807, 2.05) is 13.0 Å². The minimum Gasteiger partial charge on any atom is -0.493 e. The Kier molecular flexibility index (Phi) is 3.23. The summed E-state index contributed by atoms with van der Waals surface area (Å²) in [7, 11) is 3.15. The molecule has 3 aromatic rings. The number of fused-ring (bicyclic) bond motifs is 1. The number of ether oxygens (including phenoxy) is 2. The van der Waals surface area contributed by atoms with E-state index in [9.17, 15) is 5.26 Å². The van der Waals surface area contributed by atoms with Crippen LogP contribution in [0.3, 0.4) is 0 Å². The van der Waals surface area contributed by atoms with E-state index in [1.165, 1.54) is 11.3 Å². The third kappa shape index (κ3) is 2.10. The van der Waals surface area contributed by atoms with Crippen LogP contribution in [-0.4, -0.2) is 28.8 Å². The summed E-state index contributed by atoms with van der Waals surface area (Å²) in [4.78, 5) is 5.21. The zero-order valence-corrected chi connectivity index (χ0v) is 12.6. The molecule has 0 bridgehead atoms. The van der Waals surface area contributed by atoms with Crippen molar-refractivity contribution < 1.29 is 9.47 Å². The van der Waals surface area contributed by atoms with Gasteiger partial charge in [-0.1, -0.05) is 11.3 Å². The minimum atomic E-state index is 0.418. The lowest BCUT2D eigenvalue weighted by atomic mass is 10.1. The second-order valence-corrected chi connectivity index (χ2v) is 5.47. The van der Waals surface area contributed by atoms with Gasteiger partial charge in [-0.05, 0) is 25.1 Å². The summed E-state index contributed by atoms with van der Waals surface area (Å²) < 4.78 is 12.1. The van der Waals surface area contributed by atoms with Crippen molar-refractivity contribution in [3.8, 4) is 28.8 Å². The highest BCUT2D eigenvalue weighted by atomic mass is 32.1. The van der Waals surface area contributed by atoms with Crippen molar-refractivity contribution in [2.45, 2.75) is 6.92 Å². The SMILES string of the molecule is COc1ccc(-c2nc3sc(C)nn3c2C#N)cc1OC. The van der Waals surface area contributed by atoms with Crippen molar-refractivity contribution in [2.24, 2.45) is 0 Å². The van der Waals surface area contributed by atoms with Gasteiger partial charge in [0.25, 0.3) is 0 Å². The number of nitrogens with zero attached hydrogens (tertiary/aromatic N) is 4. The number of benzene rings is 1. The molecule has 6 nitrogen and oxygen atoms in total. The number of aryl methyl sites for hydroxylation is 1. The molecule has 0 radical (unpaired) electrons. The fourth-order valence-electron chi connectivity index (χ4n) is 2.13. The van der Waals surface area contributed by atoms with Gasteiger partial charge in [0.05, 0.1) is 14.2 Å². The molecule has 0 unspecified atom stereocenters. The summed E-state index contributed by atoms with van der Waals surface area (Å²) in [6.07, 6.45) is 0. The fourth-order valence-corrected chi connectivity index (χ4v) is 2.87. The van der Waals surface area contributed by atoms with E-state index in [-0.39, 0.29) is 0 Å². The molecule has 1 aromatic carbocycles. The highest BCUT2D eigenvalue weighted by Gasteiger charge is 2.18. The zero-order valence-electron chi connectivity index (χ0n) is 11.7. The molecule has 0 N–H and O–H groups in total. The fraction of sp³-hybridized carbons (Fsp3) is 0.214. The summed E-state index contributed by atoms with van der Waals surface area (Å²) in [5, 5.41) is 14.6. The molecule has 0 aliphatic rings. The van der Waals surface area contributed by atoms with Crippen LogP contribution in [0.5, 0.6) is 11.5 Å². The first kappa shape index (κ1) is 13.4. The Balaban J connectivity index is 2.20. The number of hydrogen-bond donors (Lipinski definition) is 0. The van der Waals surface area contributed by atoms with E-state index in [2.05, 4.69) is 16.2 Å². The molecule has 21 heavy (non-hydrogen) atoms. The van der Waals surface area contributed by atoms with Gasteiger partial charge in [-0.25, -0.2) is 4.98 Å². The second-order valence-electron chi connectivity index (χ2n) is 4.31. The Labute approximate surface area is 125 Å². The van der Waals surface area contributed by atoms with E-state index in [0.29, 0.717) is 27.8 Å². The molecule has 0 aliphatic heterocycles. The van der Waals surface area contributed by atoms with E-state index in [1.54, 1.807) is 30.9 Å². The third-order valence-electron chi connectivity index (χ3n) is 3.07. The van der Waals surface area contributed by atoms with Gasteiger partial charge in [0.2, 0.25) is 4.96 Å². The lowest BCUT2D eigenvalue weighted by molar-refractivity contribution is 0.355. The zero-order chi connectivity index (χ0) is 15.0. The highest BCUT2D eigenvalue weighted by Crippen LogP contribution is 2.34. The first-order valence-corrected chi connectivity index (χ1v) is 6.98. The average Bonchev–Trinajstić information content (AvgIpc) is 3.01. The highest BCUT2D eigenvalue weighted by molar-refractivity contribution is 7.16. The van der Waals surface area contributed by atoms with Crippen LogP contribution in [0.2, 0.25) is 0 Å². The van der Waals surface area contributed by atoms with Gasteiger partial charge >= 0.3 is 0 Å². The Morgan fingerprint density at radius 1 is 1.24 bits per heavy atom. The van der Waals surface area contributed by atoms with Gasteiger partial charge in [-0.2, -0.15) is 14.9 Å². The van der Waals surface area contributed by atoms with Gasteiger partial charge in [0, 0.05) is 5.56 Å². The van der Waals surface area contributed by atoms with Gasteiger partial charge in [0.15, 0.2) is 17.2 Å². The molecular formula is C14H12N4O2S. The molecule has 2 heterocycles. The Bertz CT molecular complexity index is 860. The van der Waals surface area contributed by atoms with Crippen LogP contribution in [0.25, 0.3) is 16.2 Å². The van der Waals surface area contributed by atoms with Crippen molar-refractivity contribution in [2.75, 3.05) is 14.2 Å². The maximum absolute atomic E-state index is 9.40. The molecule has 0 fully saturated rings. The predicted molar refractivity (Wildman–Crippen MR) is 78.9 cm³/mol. The summed E-state index contributed by atoms with van der Waals surface area (Å²) in [6, 6.07) is 7.62. The van der Waals surface area contributed by atoms with Crippen LogP contribution in [0.15, 0.2) is 18.2 Å². The topological polar surface area (TPSA) is 72.4 Å². The number of methoxy groups -OCH3 is 2. The molecule has 106 valence electrons. The number of aromatic nitrogens is 3. The van der Waals surface area contributed by atoms with Gasteiger partial charge < -0.3 is 9.47 Å². The predicted octanol–water partition coefficient (Wildman–Crippen LogP) is 2.66. The van der Waals surface area contributed by atoms with E-state index in [4.69, 9.17) is 9.47 Å². The smallest absolute Gasteiger partial charge is 0.213 e. The molecule has 3 rings (SSSR count). The van der Waals surface area contributed by atoms with Gasteiger partial charge in [0.1, 0.15) is 16.8 Å². The van der Waals surface area contributed by atoms with Crippen molar-refractivity contribution in [1.82, 2.24) is 14.6 Å². The molecule has 0 amide bonds. The van der Waals surface area contributed by atoms with Crippen molar-refractivity contribution in [3.05, 3.63) is 28.9 Å². The van der Waals surface area contributed by atoms with Crippen LogP contribution >= 0.6 is 11.3 Å². The minimum absolute atomic E-state index is 0.418. The average molecular weight is 300 g/mol. The van der Waals surface area contributed by atoms with Crippen molar-refractivity contribution in [1.29, 1.82) is 5.26 Å². The molecule has 0 saturated heterocycles. The van der Waals surface area contributed by atoms with E-state index in [0.717, 1.165) is 10.6 Å². The molecule has 7 heteroatoms. The number of rotatable bonds is 3. The Morgan fingerprint density at radius 3 is 2.67 bits per heavy atom. The monoisotopic (exact) mass is 300 g/mol. The van der Waals surface area contributed by atoms with Gasteiger partial charge in [-0.3, -0.25) is 0 Å². The Morgan fingerprint density at radius 2 is 2.00 bits per heavy atom. The molecule has 0 atom stereocenters. The van der Waals surface area contributed by atoms with Crippen LogP contribution < -0.4 is 9.47 Å². The van der Waals surface area contributed by atoms with Crippen molar-refractivity contribution in [3.63, 3.8) is 0 Å². The van der Waals surface area contributed by atoms with E-state index < -0.39 is 0 Å². The molecular weight excluding hydrogens is 288 g/mol. The van der Waals surface area contributed by atoms with Crippen LogP contribution in [-0.2, 0) is 0 Å². The number of nitriles is 1. The van der Waals surface area contributed by atoms with Gasteiger partial charge in [-0.15, -0.1) is 0 Å². The second kappa shape index (κ2) is 5.07. The number of imidazole rings is 1. The summed E-state index contributed by atoms with van der Waals surface area (Å²) >= 11 is 1.45. The first-order chi connectivity index (χ1) is 10.2. The molecule has 0 aliphatic carbocycles. The number of hydrogen-bond acceptors (Lipinski definition) is 6. The van der Waals surface area contributed by atoms with Crippen LogP contribution in [0.4, 0.5) is 0 Å². The first-order valence-electron chi connectivity index (χ1n) is 6.16. The standard InChI is InChI=1S/C14H12N4O2S/c1-8-17-18-10(7-15)13(16-14(18)21-8)9-4-5-11(19-2)12(6-9)20-3/h4-6H,1-3H3. The third-order valence-corrected chi connectivity index (χ3v) is 3.89. The quantitative estimate of drug-likeness (QED) is 0.743. The normalized spacial score (nSPS) is 10.6. The van der Waals surface area contributed by atoms with Crippen LogP contribution in [0, 0.1) is 18.3 Å². The van der Waals surface area contributed by atoms with Crippen LogP contribution in [0.1, 0.15) is 10.7 Å². The lowest BCUT2D eigenvalue weighted by Crippen LogP contribution is -1.93. The Hall–Kier alpha value is -2.59. The largest absolute Gasteiger partial charge is 0.493 e. The van der Waals surface area contributed by atoms with E-state index >= 15 is 0 Å². The van der Waals surface area contributed by atoms with Crippen molar-refractivity contribution >= 4 is 16.3 Å².